The van der Waals surface area contributed by atoms with Crippen LogP contribution in [0.15, 0.2) is 12.7 Å². The molecule has 25 heavy (non-hydrogen) atoms. The summed E-state index contributed by atoms with van der Waals surface area (Å²) in [5.41, 5.74) is -0.181. The Morgan fingerprint density at radius 1 is 1.20 bits per heavy atom. The molecular weight excluding hydrogens is 326 g/mol. The number of nitrogens with zero attached hydrogens (tertiary/aromatic N) is 5. The minimum Gasteiger partial charge on any atom is -0.480 e. The lowest BCUT2D eigenvalue weighted by atomic mass is 9.76. The Morgan fingerprint density at radius 2 is 1.84 bits per heavy atom. The van der Waals surface area contributed by atoms with E-state index in [1.165, 1.54) is 11.8 Å². The van der Waals surface area contributed by atoms with Gasteiger partial charge in [0.2, 0.25) is 11.8 Å². The van der Waals surface area contributed by atoms with Crippen LogP contribution in [0, 0.1) is 5.41 Å². The molecule has 0 unspecified atom stereocenters. The number of carboxylic acids is 1. The van der Waals surface area contributed by atoms with Crippen molar-refractivity contribution in [3.8, 4) is 0 Å². The maximum atomic E-state index is 12.4. The highest BCUT2D eigenvalue weighted by molar-refractivity contribution is 5.83. The van der Waals surface area contributed by atoms with Gasteiger partial charge in [0.05, 0.1) is 0 Å². The van der Waals surface area contributed by atoms with Crippen molar-refractivity contribution in [2.75, 3.05) is 19.6 Å². The summed E-state index contributed by atoms with van der Waals surface area (Å²) >= 11 is 0. The first kappa shape index (κ1) is 17.4. The molecule has 0 aliphatic carbocycles. The lowest BCUT2D eigenvalue weighted by Crippen LogP contribution is -2.44. The summed E-state index contributed by atoms with van der Waals surface area (Å²) in [4.78, 5) is 38.8. The summed E-state index contributed by atoms with van der Waals surface area (Å²) in [7, 11) is 0. The van der Waals surface area contributed by atoms with E-state index < -0.39 is 12.0 Å². The Bertz CT molecular complexity index is 627. The Hall–Kier alpha value is -2.45. The van der Waals surface area contributed by atoms with Crippen LogP contribution >= 0.6 is 0 Å². The second-order valence-corrected chi connectivity index (χ2v) is 7.04. The second kappa shape index (κ2) is 6.81. The molecule has 9 heteroatoms. The number of rotatable bonds is 4. The lowest BCUT2D eigenvalue weighted by Gasteiger charge is -2.39. The number of carbonyl (C=O) groups is 3. The van der Waals surface area contributed by atoms with Gasteiger partial charge in [-0.15, -0.1) is 10.2 Å². The standard InChI is InChI=1S/C16H23N5O4/c1-12(22)21-9-16(8-13(21)15(24)25)3-6-20(7-4-16)14(23)2-5-19-10-17-18-11-19/h10-11,13H,2-9H2,1H3,(H,24,25)/t13-/m0/s1. The molecule has 2 aliphatic rings. The van der Waals surface area contributed by atoms with E-state index in [9.17, 15) is 19.5 Å². The van der Waals surface area contributed by atoms with Gasteiger partial charge in [-0.25, -0.2) is 4.79 Å². The average Bonchev–Trinajstić information content (AvgIpc) is 3.21. The van der Waals surface area contributed by atoms with Crippen molar-refractivity contribution in [3.63, 3.8) is 0 Å². The fourth-order valence-corrected chi connectivity index (χ4v) is 3.92. The van der Waals surface area contributed by atoms with E-state index >= 15 is 0 Å². The van der Waals surface area contributed by atoms with E-state index in [0.29, 0.717) is 39.0 Å². The van der Waals surface area contributed by atoms with Crippen LogP contribution in [0.1, 0.15) is 32.6 Å². The van der Waals surface area contributed by atoms with Gasteiger partial charge in [0.1, 0.15) is 18.7 Å². The highest BCUT2D eigenvalue weighted by Gasteiger charge is 2.49. The molecule has 3 heterocycles. The summed E-state index contributed by atoms with van der Waals surface area (Å²) in [6.07, 6.45) is 5.50. The van der Waals surface area contributed by atoms with Gasteiger partial charge in [-0.3, -0.25) is 9.59 Å². The SMILES string of the molecule is CC(=O)N1CC2(CCN(C(=O)CCn3cnnc3)CC2)C[C@H]1C(=O)O. The van der Waals surface area contributed by atoms with Crippen molar-refractivity contribution >= 4 is 17.8 Å². The third kappa shape index (κ3) is 3.64. The van der Waals surface area contributed by atoms with Crippen molar-refractivity contribution < 1.29 is 19.5 Å². The van der Waals surface area contributed by atoms with Crippen molar-refractivity contribution in [1.29, 1.82) is 0 Å². The molecule has 0 saturated carbocycles. The molecule has 2 fully saturated rings. The first-order chi connectivity index (χ1) is 11.9. The topological polar surface area (TPSA) is 109 Å². The maximum absolute atomic E-state index is 12.4. The van der Waals surface area contributed by atoms with E-state index in [4.69, 9.17) is 0 Å². The normalized spacial score (nSPS) is 22.4. The number of hydrogen-bond donors (Lipinski definition) is 1. The molecule has 2 amide bonds. The molecule has 0 radical (unpaired) electrons. The third-order valence-electron chi connectivity index (χ3n) is 5.43. The molecule has 9 nitrogen and oxygen atoms in total. The van der Waals surface area contributed by atoms with Gasteiger partial charge in [0.25, 0.3) is 0 Å². The van der Waals surface area contributed by atoms with E-state index in [1.807, 2.05) is 4.90 Å². The predicted molar refractivity (Wildman–Crippen MR) is 86.3 cm³/mol. The summed E-state index contributed by atoms with van der Waals surface area (Å²) in [5, 5.41) is 16.8. The zero-order valence-electron chi connectivity index (χ0n) is 14.3. The molecule has 1 atom stereocenters. The molecule has 2 aliphatic heterocycles. The number of hydrogen-bond acceptors (Lipinski definition) is 5. The van der Waals surface area contributed by atoms with E-state index in [2.05, 4.69) is 10.2 Å². The quantitative estimate of drug-likeness (QED) is 0.818. The zero-order valence-corrected chi connectivity index (χ0v) is 14.3. The Labute approximate surface area is 145 Å². The van der Waals surface area contributed by atoms with Gasteiger partial charge in [-0.2, -0.15) is 0 Å². The lowest BCUT2D eigenvalue weighted by molar-refractivity contribution is -0.147. The number of carboxylic acid groups (broad SMARTS) is 1. The average molecular weight is 349 g/mol. The van der Waals surface area contributed by atoms with Gasteiger partial charge in [0.15, 0.2) is 0 Å². The molecular formula is C16H23N5O4. The Kier molecular flexibility index (Phi) is 4.73. The molecule has 1 N–H and O–H groups in total. The Morgan fingerprint density at radius 3 is 2.36 bits per heavy atom. The number of aryl methyl sites for hydroxylation is 1. The summed E-state index contributed by atoms with van der Waals surface area (Å²) in [6, 6.07) is -0.742. The van der Waals surface area contributed by atoms with Crippen LogP contribution in [0.2, 0.25) is 0 Å². The molecule has 1 spiro atoms. The molecule has 0 aromatic carbocycles. The van der Waals surface area contributed by atoms with Gasteiger partial charge in [-0.1, -0.05) is 0 Å². The van der Waals surface area contributed by atoms with Crippen molar-refractivity contribution in [2.24, 2.45) is 5.41 Å². The minimum absolute atomic E-state index is 0.0831. The number of likely N-dealkylation sites (tertiary alicyclic amines) is 2. The smallest absolute Gasteiger partial charge is 0.326 e. The van der Waals surface area contributed by atoms with Crippen LogP contribution in [0.4, 0.5) is 0 Å². The van der Waals surface area contributed by atoms with Gasteiger partial charge in [0, 0.05) is 39.5 Å². The summed E-state index contributed by atoms with van der Waals surface area (Å²) in [5.74, 6) is -1.06. The van der Waals surface area contributed by atoms with Crippen molar-refractivity contribution in [3.05, 3.63) is 12.7 Å². The highest BCUT2D eigenvalue weighted by Crippen LogP contribution is 2.43. The predicted octanol–water partition coefficient (Wildman–Crippen LogP) is -0.0176. The zero-order chi connectivity index (χ0) is 18.0. The van der Waals surface area contributed by atoms with Crippen LogP contribution < -0.4 is 0 Å². The molecule has 2 saturated heterocycles. The van der Waals surface area contributed by atoms with Gasteiger partial charge >= 0.3 is 5.97 Å². The number of amides is 2. The van der Waals surface area contributed by atoms with E-state index in [1.54, 1.807) is 17.2 Å². The monoisotopic (exact) mass is 349 g/mol. The van der Waals surface area contributed by atoms with E-state index in [-0.39, 0.29) is 17.2 Å². The van der Waals surface area contributed by atoms with Crippen LogP contribution in [-0.2, 0) is 20.9 Å². The summed E-state index contributed by atoms with van der Waals surface area (Å²) < 4.78 is 1.77. The molecule has 1 aromatic heterocycles. The number of carbonyl (C=O) groups excluding carboxylic acids is 2. The minimum atomic E-state index is -0.945. The fourth-order valence-electron chi connectivity index (χ4n) is 3.92. The summed E-state index contributed by atoms with van der Waals surface area (Å²) in [6.45, 7) is 3.66. The molecule has 0 bridgehead atoms. The first-order valence-corrected chi connectivity index (χ1v) is 8.50. The number of aliphatic carboxylic acids is 1. The largest absolute Gasteiger partial charge is 0.480 e. The first-order valence-electron chi connectivity index (χ1n) is 8.50. The molecule has 1 aromatic rings. The van der Waals surface area contributed by atoms with Crippen LogP contribution in [0.5, 0.6) is 0 Å². The maximum Gasteiger partial charge on any atom is 0.326 e. The molecule has 3 rings (SSSR count). The van der Waals surface area contributed by atoms with Crippen molar-refractivity contribution in [1.82, 2.24) is 24.6 Å². The fraction of sp³-hybridized carbons (Fsp3) is 0.688. The van der Waals surface area contributed by atoms with Crippen molar-refractivity contribution in [2.45, 2.75) is 45.2 Å². The number of aromatic nitrogens is 3. The third-order valence-corrected chi connectivity index (χ3v) is 5.43. The second-order valence-electron chi connectivity index (χ2n) is 7.04. The van der Waals surface area contributed by atoms with Gasteiger partial charge < -0.3 is 19.5 Å². The van der Waals surface area contributed by atoms with Crippen LogP contribution in [-0.4, -0.2) is 73.1 Å². The molecule has 136 valence electrons. The van der Waals surface area contributed by atoms with Crippen LogP contribution in [0.3, 0.4) is 0 Å². The Balaban J connectivity index is 1.55. The van der Waals surface area contributed by atoms with Gasteiger partial charge in [-0.05, 0) is 24.7 Å². The van der Waals surface area contributed by atoms with E-state index in [0.717, 1.165) is 12.8 Å². The number of piperidine rings is 1. The van der Waals surface area contributed by atoms with Crippen LogP contribution in [0.25, 0.3) is 0 Å². The highest BCUT2D eigenvalue weighted by atomic mass is 16.4.